The van der Waals surface area contributed by atoms with E-state index in [0.717, 1.165) is 19.3 Å². The predicted octanol–water partition coefficient (Wildman–Crippen LogP) is 1.31. The first-order valence-electron chi connectivity index (χ1n) is 7.38. The van der Waals surface area contributed by atoms with Gasteiger partial charge < -0.3 is 20.1 Å². The lowest BCUT2D eigenvalue weighted by Gasteiger charge is -2.35. The van der Waals surface area contributed by atoms with Gasteiger partial charge in [-0.3, -0.25) is 4.79 Å². The van der Waals surface area contributed by atoms with Crippen molar-refractivity contribution < 1.29 is 19.4 Å². The number of carbonyl (C=O) groups is 2. The first-order valence-corrected chi connectivity index (χ1v) is 7.38. The molecule has 1 aliphatic heterocycles. The number of carbonyl (C=O) groups excluding carboxylic acids is 1. The van der Waals surface area contributed by atoms with Gasteiger partial charge in [0.2, 0.25) is 0 Å². The Morgan fingerprint density at radius 3 is 2.50 bits per heavy atom. The van der Waals surface area contributed by atoms with Gasteiger partial charge in [0.25, 0.3) is 0 Å². The van der Waals surface area contributed by atoms with Crippen molar-refractivity contribution in [2.75, 3.05) is 19.6 Å². The van der Waals surface area contributed by atoms with Gasteiger partial charge in [-0.05, 0) is 32.6 Å². The number of nitrogens with one attached hydrogen (secondary N) is 1. The molecule has 2 fully saturated rings. The Kier molecular flexibility index (Phi) is 4.86. The molecule has 6 heteroatoms. The Morgan fingerprint density at radius 2 is 1.90 bits per heavy atom. The van der Waals surface area contributed by atoms with E-state index < -0.39 is 5.97 Å². The minimum absolute atomic E-state index is 0.0442. The molecule has 0 radical (unpaired) electrons. The molecule has 0 aromatic carbocycles. The van der Waals surface area contributed by atoms with Gasteiger partial charge in [-0.25, -0.2) is 4.79 Å². The van der Waals surface area contributed by atoms with Gasteiger partial charge in [-0.2, -0.15) is 0 Å². The summed E-state index contributed by atoms with van der Waals surface area (Å²) < 4.78 is 5.59. The molecule has 6 nitrogen and oxygen atoms in total. The van der Waals surface area contributed by atoms with E-state index in [-0.39, 0.29) is 30.1 Å². The van der Waals surface area contributed by atoms with Crippen LogP contribution in [-0.4, -0.2) is 53.8 Å². The number of urea groups is 1. The number of nitrogens with zero attached hydrogens (tertiary/aromatic N) is 1. The molecule has 1 aliphatic carbocycles. The Balaban J connectivity index is 1.81. The van der Waals surface area contributed by atoms with Gasteiger partial charge in [-0.15, -0.1) is 0 Å². The zero-order valence-electron chi connectivity index (χ0n) is 12.2. The molecular weight excluding hydrogens is 260 g/mol. The fraction of sp³-hybridized carbons (Fsp3) is 0.857. The zero-order valence-corrected chi connectivity index (χ0v) is 12.2. The predicted molar refractivity (Wildman–Crippen MR) is 73.4 cm³/mol. The van der Waals surface area contributed by atoms with E-state index in [1.165, 1.54) is 0 Å². The Labute approximate surface area is 119 Å². The molecule has 0 bridgehead atoms. The molecule has 2 unspecified atom stereocenters. The van der Waals surface area contributed by atoms with Crippen LogP contribution in [0.25, 0.3) is 0 Å². The van der Waals surface area contributed by atoms with Crippen LogP contribution in [0.3, 0.4) is 0 Å². The van der Waals surface area contributed by atoms with Gasteiger partial charge in [0.1, 0.15) is 0 Å². The normalized spacial score (nSPS) is 34.0. The molecule has 1 heterocycles. The third kappa shape index (κ3) is 3.62. The highest BCUT2D eigenvalue weighted by atomic mass is 16.5. The second kappa shape index (κ2) is 6.43. The van der Waals surface area contributed by atoms with Crippen LogP contribution < -0.4 is 5.32 Å². The summed E-state index contributed by atoms with van der Waals surface area (Å²) in [5.41, 5.74) is 0. The summed E-state index contributed by atoms with van der Waals surface area (Å²) in [6.07, 6.45) is 2.63. The zero-order chi connectivity index (χ0) is 14.7. The molecule has 1 saturated carbocycles. The number of ether oxygens (including phenoxy) is 1. The average molecular weight is 284 g/mol. The summed E-state index contributed by atoms with van der Waals surface area (Å²) in [5.74, 6) is -0.986. The average Bonchev–Trinajstić information content (AvgIpc) is 2.83. The number of rotatable bonds is 3. The summed E-state index contributed by atoms with van der Waals surface area (Å²) >= 11 is 0. The van der Waals surface area contributed by atoms with Gasteiger partial charge in [0.05, 0.1) is 18.1 Å². The fourth-order valence-electron chi connectivity index (χ4n) is 3.28. The molecule has 2 N–H and O–H groups in total. The minimum Gasteiger partial charge on any atom is -0.481 e. The van der Waals surface area contributed by atoms with Crippen LogP contribution in [0.15, 0.2) is 0 Å². The van der Waals surface area contributed by atoms with Crippen molar-refractivity contribution >= 4 is 12.0 Å². The number of amides is 2. The Bertz CT molecular complexity index is 364. The van der Waals surface area contributed by atoms with E-state index in [1.54, 1.807) is 4.90 Å². The van der Waals surface area contributed by atoms with Crippen molar-refractivity contribution in [3.63, 3.8) is 0 Å². The Hall–Kier alpha value is -1.30. The van der Waals surface area contributed by atoms with Crippen LogP contribution in [0.5, 0.6) is 0 Å². The lowest BCUT2D eigenvalue weighted by atomic mass is 9.96. The molecule has 20 heavy (non-hydrogen) atoms. The SMILES string of the molecule is C[C@@H]1CN(C(=O)NCC2CCCC2C(=O)O)C[C@H](C)O1. The molecular formula is C14H24N2O4. The van der Waals surface area contributed by atoms with Crippen molar-refractivity contribution in [1.82, 2.24) is 10.2 Å². The summed E-state index contributed by atoms with van der Waals surface area (Å²) in [4.78, 5) is 25.0. The molecule has 1 saturated heterocycles. The van der Waals surface area contributed by atoms with E-state index in [1.807, 2.05) is 13.8 Å². The summed E-state index contributed by atoms with van der Waals surface area (Å²) in [6, 6.07) is -0.108. The van der Waals surface area contributed by atoms with Gasteiger partial charge in [0, 0.05) is 19.6 Å². The van der Waals surface area contributed by atoms with E-state index in [4.69, 9.17) is 9.84 Å². The van der Waals surface area contributed by atoms with Gasteiger partial charge in [0.15, 0.2) is 0 Å². The van der Waals surface area contributed by atoms with Crippen molar-refractivity contribution in [1.29, 1.82) is 0 Å². The first kappa shape index (κ1) is 15.1. The minimum atomic E-state index is -0.740. The molecule has 2 aliphatic rings. The van der Waals surface area contributed by atoms with Crippen LogP contribution in [0, 0.1) is 11.8 Å². The number of carboxylic acids is 1. The number of carboxylic acid groups (broad SMARTS) is 1. The monoisotopic (exact) mass is 284 g/mol. The van der Waals surface area contributed by atoms with E-state index in [9.17, 15) is 9.59 Å². The molecule has 114 valence electrons. The Morgan fingerprint density at radius 1 is 1.25 bits per heavy atom. The van der Waals surface area contributed by atoms with Crippen LogP contribution >= 0.6 is 0 Å². The standard InChI is InChI=1S/C14H24N2O4/c1-9-7-16(8-10(2)20-9)14(19)15-6-11-4-3-5-12(11)13(17)18/h9-12H,3-8H2,1-2H3,(H,15,19)(H,17,18)/t9-,10+,11?,12?. The smallest absolute Gasteiger partial charge is 0.317 e. The molecule has 4 atom stereocenters. The highest BCUT2D eigenvalue weighted by molar-refractivity contribution is 5.75. The van der Waals surface area contributed by atoms with Crippen LogP contribution in [0.4, 0.5) is 4.79 Å². The maximum Gasteiger partial charge on any atom is 0.317 e. The van der Waals surface area contributed by atoms with Crippen LogP contribution in [-0.2, 0) is 9.53 Å². The lowest BCUT2D eigenvalue weighted by molar-refractivity contribution is -0.142. The molecule has 2 rings (SSSR count). The molecule has 2 amide bonds. The van der Waals surface area contributed by atoms with E-state index in [0.29, 0.717) is 19.6 Å². The third-order valence-corrected chi connectivity index (χ3v) is 4.20. The third-order valence-electron chi connectivity index (χ3n) is 4.20. The van der Waals surface area contributed by atoms with Gasteiger partial charge >= 0.3 is 12.0 Å². The van der Waals surface area contributed by atoms with Crippen molar-refractivity contribution in [3.8, 4) is 0 Å². The maximum absolute atomic E-state index is 12.1. The second-order valence-corrected chi connectivity index (χ2v) is 5.98. The van der Waals surface area contributed by atoms with Crippen molar-refractivity contribution in [3.05, 3.63) is 0 Å². The summed E-state index contributed by atoms with van der Waals surface area (Å²) in [7, 11) is 0. The van der Waals surface area contributed by atoms with Crippen LogP contribution in [0.2, 0.25) is 0 Å². The largest absolute Gasteiger partial charge is 0.481 e. The van der Waals surface area contributed by atoms with Gasteiger partial charge in [-0.1, -0.05) is 6.42 Å². The number of hydrogen-bond acceptors (Lipinski definition) is 3. The summed E-state index contributed by atoms with van der Waals surface area (Å²) in [5, 5.41) is 12.0. The lowest BCUT2D eigenvalue weighted by Crippen LogP contribution is -2.52. The molecule has 0 aromatic rings. The summed E-state index contributed by atoms with van der Waals surface area (Å²) in [6.45, 7) is 5.53. The first-order chi connectivity index (χ1) is 9.47. The number of morpholine rings is 1. The molecule has 0 spiro atoms. The molecule has 0 aromatic heterocycles. The second-order valence-electron chi connectivity index (χ2n) is 5.98. The quantitative estimate of drug-likeness (QED) is 0.819. The van der Waals surface area contributed by atoms with Crippen LogP contribution in [0.1, 0.15) is 33.1 Å². The highest BCUT2D eigenvalue weighted by Crippen LogP contribution is 2.31. The highest BCUT2D eigenvalue weighted by Gasteiger charge is 2.33. The maximum atomic E-state index is 12.1. The van der Waals surface area contributed by atoms with E-state index in [2.05, 4.69) is 5.32 Å². The van der Waals surface area contributed by atoms with E-state index >= 15 is 0 Å². The van der Waals surface area contributed by atoms with Crippen molar-refractivity contribution in [2.24, 2.45) is 11.8 Å². The number of aliphatic carboxylic acids is 1. The topological polar surface area (TPSA) is 78.9 Å². The number of hydrogen-bond donors (Lipinski definition) is 2. The fourth-order valence-corrected chi connectivity index (χ4v) is 3.28. The van der Waals surface area contributed by atoms with Crippen molar-refractivity contribution in [2.45, 2.75) is 45.3 Å².